The molecule has 2 N–H and O–H groups in total. The summed E-state index contributed by atoms with van der Waals surface area (Å²) in [5.41, 5.74) is 3.56. The standard InChI is InChI=1S/C21H18ClN3O4S/c1-29-20-8-3-2-5-16(20)14-23-24-21(26)15-6-4-7-19(13-15)30(27,28)25-18-11-9-17(22)10-12-18/h2-14,25H,1H3,(H,24,26)/b23-14-. The molecule has 3 aromatic rings. The number of sulfonamides is 1. The van der Waals surface area contributed by atoms with Crippen LogP contribution in [0.15, 0.2) is 82.8 Å². The Morgan fingerprint density at radius 1 is 1.03 bits per heavy atom. The molecule has 0 atom stereocenters. The topological polar surface area (TPSA) is 96.9 Å². The number of halogens is 1. The van der Waals surface area contributed by atoms with Crippen LogP contribution in [0.5, 0.6) is 5.75 Å². The molecule has 0 aliphatic carbocycles. The third-order valence-electron chi connectivity index (χ3n) is 4.01. The first kappa shape index (κ1) is 21.4. The van der Waals surface area contributed by atoms with E-state index in [1.54, 1.807) is 36.4 Å². The van der Waals surface area contributed by atoms with Crippen molar-refractivity contribution in [2.45, 2.75) is 4.90 Å². The highest BCUT2D eigenvalue weighted by atomic mass is 35.5. The van der Waals surface area contributed by atoms with Crippen molar-refractivity contribution in [1.29, 1.82) is 0 Å². The summed E-state index contributed by atoms with van der Waals surface area (Å²) < 4.78 is 32.9. The number of methoxy groups -OCH3 is 1. The SMILES string of the molecule is COc1ccccc1/C=N\NC(=O)c1cccc(S(=O)(=O)Nc2ccc(Cl)cc2)c1. The van der Waals surface area contributed by atoms with Gasteiger partial charge in [-0.05, 0) is 54.6 Å². The monoisotopic (exact) mass is 443 g/mol. The summed E-state index contributed by atoms with van der Waals surface area (Å²) in [7, 11) is -2.35. The van der Waals surface area contributed by atoms with Crippen LogP contribution in [0.3, 0.4) is 0 Å². The van der Waals surface area contributed by atoms with Crippen molar-refractivity contribution in [3.05, 3.63) is 88.9 Å². The molecule has 0 fully saturated rings. The molecule has 0 saturated carbocycles. The zero-order valence-electron chi connectivity index (χ0n) is 15.9. The van der Waals surface area contributed by atoms with Crippen LogP contribution in [-0.2, 0) is 10.0 Å². The number of anilines is 1. The van der Waals surface area contributed by atoms with Crippen molar-refractivity contribution in [2.75, 3.05) is 11.8 Å². The average molecular weight is 444 g/mol. The molecule has 0 aliphatic rings. The molecular formula is C21H18ClN3O4S. The highest BCUT2D eigenvalue weighted by molar-refractivity contribution is 7.92. The molecule has 0 unspecified atom stereocenters. The minimum atomic E-state index is -3.88. The fourth-order valence-corrected chi connectivity index (χ4v) is 3.76. The van der Waals surface area contributed by atoms with Gasteiger partial charge in [0.2, 0.25) is 0 Å². The van der Waals surface area contributed by atoms with E-state index in [4.69, 9.17) is 16.3 Å². The van der Waals surface area contributed by atoms with Crippen LogP contribution in [0.1, 0.15) is 15.9 Å². The number of amides is 1. The minimum absolute atomic E-state index is 0.0567. The maximum atomic E-state index is 12.6. The Morgan fingerprint density at radius 2 is 1.77 bits per heavy atom. The highest BCUT2D eigenvalue weighted by Crippen LogP contribution is 2.19. The van der Waals surface area contributed by atoms with Gasteiger partial charge in [0.15, 0.2) is 0 Å². The molecule has 7 nitrogen and oxygen atoms in total. The van der Waals surface area contributed by atoms with E-state index < -0.39 is 15.9 Å². The first-order chi connectivity index (χ1) is 14.4. The lowest BCUT2D eigenvalue weighted by Crippen LogP contribution is -2.19. The average Bonchev–Trinajstić information content (AvgIpc) is 2.75. The van der Waals surface area contributed by atoms with Crippen LogP contribution in [0.4, 0.5) is 5.69 Å². The summed E-state index contributed by atoms with van der Waals surface area (Å²) in [4.78, 5) is 12.3. The molecule has 154 valence electrons. The van der Waals surface area contributed by atoms with Gasteiger partial charge in [0.1, 0.15) is 5.75 Å². The zero-order chi connectivity index (χ0) is 21.6. The molecule has 0 aromatic heterocycles. The van der Waals surface area contributed by atoms with Crippen LogP contribution >= 0.6 is 11.6 Å². The molecule has 0 heterocycles. The Labute approximate surface area is 179 Å². The molecule has 0 spiro atoms. The van der Waals surface area contributed by atoms with Gasteiger partial charge in [-0.1, -0.05) is 29.8 Å². The summed E-state index contributed by atoms with van der Waals surface area (Å²) in [6, 6.07) is 19.1. The van der Waals surface area contributed by atoms with Crippen LogP contribution in [0, 0.1) is 0 Å². The first-order valence-electron chi connectivity index (χ1n) is 8.74. The van der Waals surface area contributed by atoms with Crippen LogP contribution in [0.2, 0.25) is 5.02 Å². The van der Waals surface area contributed by atoms with E-state index in [9.17, 15) is 13.2 Å². The third-order valence-corrected chi connectivity index (χ3v) is 5.64. The summed E-state index contributed by atoms with van der Waals surface area (Å²) in [6.07, 6.45) is 1.44. The molecule has 0 radical (unpaired) electrons. The van der Waals surface area contributed by atoms with Gasteiger partial charge in [-0.15, -0.1) is 0 Å². The van der Waals surface area contributed by atoms with E-state index >= 15 is 0 Å². The predicted octanol–water partition coefficient (Wildman–Crippen LogP) is 3.91. The van der Waals surface area contributed by atoms with Gasteiger partial charge in [0, 0.05) is 21.8 Å². The Hall–Kier alpha value is -3.36. The number of hydrogen-bond acceptors (Lipinski definition) is 5. The van der Waals surface area contributed by atoms with Crippen molar-refractivity contribution in [3.8, 4) is 5.75 Å². The molecule has 3 aromatic carbocycles. The second kappa shape index (κ2) is 9.43. The molecule has 1 amide bonds. The number of para-hydroxylation sites is 1. The summed E-state index contributed by atoms with van der Waals surface area (Å²) in [5, 5.41) is 4.40. The van der Waals surface area contributed by atoms with E-state index in [2.05, 4.69) is 15.2 Å². The van der Waals surface area contributed by atoms with E-state index in [0.29, 0.717) is 22.0 Å². The first-order valence-corrected chi connectivity index (χ1v) is 10.6. The van der Waals surface area contributed by atoms with Gasteiger partial charge in [-0.2, -0.15) is 5.10 Å². The number of nitrogens with one attached hydrogen (secondary N) is 2. The molecule has 3 rings (SSSR count). The Kier molecular flexibility index (Phi) is 6.71. The zero-order valence-corrected chi connectivity index (χ0v) is 17.4. The van der Waals surface area contributed by atoms with Crippen molar-refractivity contribution >= 4 is 39.4 Å². The Morgan fingerprint density at radius 3 is 2.50 bits per heavy atom. The van der Waals surface area contributed by atoms with Gasteiger partial charge in [0.25, 0.3) is 15.9 Å². The third kappa shape index (κ3) is 5.37. The predicted molar refractivity (Wildman–Crippen MR) is 117 cm³/mol. The molecule has 0 aliphatic heterocycles. The number of hydrogen-bond donors (Lipinski definition) is 2. The van der Waals surface area contributed by atoms with Crippen LogP contribution in [0.25, 0.3) is 0 Å². The molecule has 0 saturated heterocycles. The number of carbonyl (C=O) groups excluding carboxylic acids is 1. The summed E-state index contributed by atoms with van der Waals surface area (Å²) >= 11 is 5.81. The van der Waals surface area contributed by atoms with Gasteiger partial charge in [-0.25, -0.2) is 13.8 Å². The fraction of sp³-hybridized carbons (Fsp3) is 0.0476. The second-order valence-corrected chi connectivity index (χ2v) is 8.20. The van der Waals surface area contributed by atoms with Gasteiger partial charge in [-0.3, -0.25) is 9.52 Å². The molecular weight excluding hydrogens is 426 g/mol. The normalized spacial score (nSPS) is 11.3. The van der Waals surface area contributed by atoms with E-state index in [1.165, 1.54) is 37.6 Å². The quantitative estimate of drug-likeness (QED) is 0.427. The lowest BCUT2D eigenvalue weighted by atomic mass is 10.2. The van der Waals surface area contributed by atoms with Gasteiger partial charge >= 0.3 is 0 Å². The number of hydrazone groups is 1. The smallest absolute Gasteiger partial charge is 0.271 e. The Bertz CT molecular complexity index is 1180. The van der Waals surface area contributed by atoms with Crippen LogP contribution in [-0.4, -0.2) is 27.6 Å². The maximum absolute atomic E-state index is 12.6. The lowest BCUT2D eigenvalue weighted by Gasteiger charge is -2.09. The number of nitrogens with zero attached hydrogens (tertiary/aromatic N) is 1. The molecule has 30 heavy (non-hydrogen) atoms. The van der Waals surface area contributed by atoms with E-state index in [-0.39, 0.29) is 10.5 Å². The van der Waals surface area contributed by atoms with Gasteiger partial charge in [0.05, 0.1) is 18.2 Å². The largest absolute Gasteiger partial charge is 0.496 e. The van der Waals surface area contributed by atoms with Crippen molar-refractivity contribution < 1.29 is 17.9 Å². The van der Waals surface area contributed by atoms with Gasteiger partial charge < -0.3 is 4.74 Å². The van der Waals surface area contributed by atoms with E-state index in [1.807, 2.05) is 12.1 Å². The number of rotatable bonds is 7. The summed E-state index contributed by atoms with van der Waals surface area (Å²) in [5.74, 6) is 0.0570. The van der Waals surface area contributed by atoms with Crippen LogP contribution < -0.4 is 14.9 Å². The lowest BCUT2D eigenvalue weighted by molar-refractivity contribution is 0.0955. The molecule has 0 bridgehead atoms. The second-order valence-electron chi connectivity index (χ2n) is 6.08. The highest BCUT2D eigenvalue weighted by Gasteiger charge is 2.16. The van der Waals surface area contributed by atoms with Crippen molar-refractivity contribution in [2.24, 2.45) is 5.10 Å². The van der Waals surface area contributed by atoms with Crippen molar-refractivity contribution in [1.82, 2.24) is 5.43 Å². The fourth-order valence-electron chi connectivity index (χ4n) is 2.53. The number of ether oxygens (including phenoxy) is 1. The maximum Gasteiger partial charge on any atom is 0.271 e. The minimum Gasteiger partial charge on any atom is -0.496 e. The van der Waals surface area contributed by atoms with Crippen molar-refractivity contribution in [3.63, 3.8) is 0 Å². The van der Waals surface area contributed by atoms with E-state index in [0.717, 1.165) is 0 Å². The number of benzene rings is 3. The molecule has 9 heteroatoms. The number of carbonyl (C=O) groups is 1. The Balaban J connectivity index is 1.73. The summed E-state index contributed by atoms with van der Waals surface area (Å²) in [6.45, 7) is 0.